The molecule has 2 atom stereocenters. The average Bonchev–Trinajstić information content (AvgIpc) is 3.19. The van der Waals surface area contributed by atoms with E-state index >= 15 is 0 Å². The summed E-state index contributed by atoms with van der Waals surface area (Å²) in [6.45, 7) is 0.899. The van der Waals surface area contributed by atoms with E-state index in [-0.39, 0.29) is 22.2 Å². The van der Waals surface area contributed by atoms with Crippen LogP contribution in [0.4, 0.5) is 32.3 Å². The normalized spacial score (nSPS) is 19.7. The highest BCUT2D eigenvalue weighted by molar-refractivity contribution is 6.07. The number of fused-ring (bicyclic) bond motifs is 3. The van der Waals surface area contributed by atoms with Crippen LogP contribution in [0.5, 0.6) is 0 Å². The molecule has 2 unspecified atom stereocenters. The Bertz CT molecular complexity index is 1250. The fourth-order valence-electron chi connectivity index (χ4n) is 4.01. The molecule has 2 aromatic carbocycles. The van der Waals surface area contributed by atoms with Gasteiger partial charge in [0.05, 0.1) is 22.5 Å². The molecule has 0 spiro atoms. The smallest absolute Gasteiger partial charge is 0.369 e. The summed E-state index contributed by atoms with van der Waals surface area (Å²) in [5, 5.41) is 2.06. The summed E-state index contributed by atoms with van der Waals surface area (Å²) in [6, 6.07) is 8.15. The molecule has 168 valence electrons. The summed E-state index contributed by atoms with van der Waals surface area (Å²) < 4.78 is 82.1. The molecule has 0 aliphatic carbocycles. The number of carbonyl (C=O) groups is 2. The molecule has 0 saturated carbocycles. The number of nitrogens with one attached hydrogen (secondary N) is 1. The van der Waals surface area contributed by atoms with Gasteiger partial charge in [0.1, 0.15) is 0 Å². The van der Waals surface area contributed by atoms with Crippen LogP contribution in [0.15, 0.2) is 42.5 Å². The lowest BCUT2D eigenvalue weighted by molar-refractivity contribution is -0.220. The third-order valence-electron chi connectivity index (χ3n) is 5.62. The van der Waals surface area contributed by atoms with Gasteiger partial charge in [-0.15, -0.1) is 0 Å². The number of halogens is 6. The molecule has 1 aromatic heterocycles. The predicted molar refractivity (Wildman–Crippen MR) is 101 cm³/mol. The van der Waals surface area contributed by atoms with Crippen molar-refractivity contribution >= 4 is 28.8 Å². The van der Waals surface area contributed by atoms with Crippen LogP contribution in [0.25, 0.3) is 22.2 Å². The largest absolute Gasteiger partial charge is 0.422 e. The Morgan fingerprint density at radius 2 is 1.72 bits per heavy atom. The minimum atomic E-state index is -5.21. The molecule has 4 rings (SSSR count). The lowest BCUT2D eigenvalue weighted by Gasteiger charge is -2.34. The topological polar surface area (TPSA) is 90.0 Å². The van der Waals surface area contributed by atoms with Gasteiger partial charge in [-0.05, 0) is 23.8 Å². The number of nitrogens with zero attached hydrogens (tertiary/aromatic N) is 2. The van der Waals surface area contributed by atoms with Crippen molar-refractivity contribution in [2.45, 2.75) is 24.8 Å². The van der Waals surface area contributed by atoms with E-state index in [1.54, 1.807) is 0 Å². The molecule has 0 radical (unpaired) electrons. The van der Waals surface area contributed by atoms with E-state index in [0.717, 1.165) is 19.1 Å². The van der Waals surface area contributed by atoms with Crippen LogP contribution in [-0.2, 0) is 21.3 Å². The number of benzene rings is 2. The highest BCUT2D eigenvalue weighted by Gasteiger charge is 2.70. The molecule has 3 aromatic rings. The Morgan fingerprint density at radius 1 is 1.09 bits per heavy atom. The first-order valence-electron chi connectivity index (χ1n) is 9.17. The fraction of sp³-hybridized carbons (Fsp3) is 0.250. The summed E-state index contributed by atoms with van der Waals surface area (Å²) >= 11 is 0. The van der Waals surface area contributed by atoms with Crippen molar-refractivity contribution in [3.05, 3.63) is 48.0 Å². The van der Waals surface area contributed by atoms with Crippen molar-refractivity contribution in [2.75, 3.05) is 5.32 Å². The van der Waals surface area contributed by atoms with Crippen molar-refractivity contribution in [2.24, 2.45) is 11.7 Å². The van der Waals surface area contributed by atoms with Crippen LogP contribution >= 0.6 is 0 Å². The molecule has 2 heterocycles. The molecule has 32 heavy (non-hydrogen) atoms. The Hall–Kier alpha value is -3.57. The quantitative estimate of drug-likeness (QED) is 0.583. The minimum absolute atomic E-state index is 0.00699. The second-order valence-corrected chi connectivity index (χ2v) is 7.36. The number of imidazole rings is 1. The highest BCUT2D eigenvalue weighted by atomic mass is 19.4. The van der Waals surface area contributed by atoms with E-state index in [9.17, 15) is 35.9 Å². The first-order valence-corrected chi connectivity index (χ1v) is 9.17. The number of alkyl halides is 6. The van der Waals surface area contributed by atoms with Crippen LogP contribution in [0.1, 0.15) is 12.5 Å². The summed E-state index contributed by atoms with van der Waals surface area (Å²) in [6.07, 6.45) is -9.77. The van der Waals surface area contributed by atoms with Gasteiger partial charge in [0.2, 0.25) is 17.4 Å². The van der Waals surface area contributed by atoms with Gasteiger partial charge in [-0.2, -0.15) is 26.3 Å². The van der Waals surface area contributed by atoms with Gasteiger partial charge in [0, 0.05) is 5.56 Å². The number of para-hydroxylation sites is 1. The SMILES string of the molecule is CC(C(N)=O)C1(C(F)(F)F)C(=O)Nc2nc3c(-c4ccc(C(F)(F)F)cc4)cccc3n21. The number of hydrogen-bond donors (Lipinski definition) is 2. The lowest BCUT2D eigenvalue weighted by Crippen LogP contribution is -2.59. The zero-order chi connectivity index (χ0) is 23.6. The Balaban J connectivity index is 1.97. The van der Waals surface area contributed by atoms with E-state index < -0.39 is 47.1 Å². The summed E-state index contributed by atoms with van der Waals surface area (Å²) in [5.74, 6) is -5.27. The van der Waals surface area contributed by atoms with Crippen LogP contribution in [0, 0.1) is 5.92 Å². The maximum atomic E-state index is 14.3. The third-order valence-corrected chi connectivity index (χ3v) is 5.62. The molecule has 0 bridgehead atoms. The van der Waals surface area contributed by atoms with Crippen molar-refractivity contribution in [3.63, 3.8) is 0 Å². The molecule has 0 fully saturated rings. The number of primary amides is 1. The third kappa shape index (κ3) is 2.85. The number of hydrogen-bond acceptors (Lipinski definition) is 3. The monoisotopic (exact) mass is 456 g/mol. The fourth-order valence-corrected chi connectivity index (χ4v) is 4.01. The van der Waals surface area contributed by atoms with Crippen molar-refractivity contribution in [1.82, 2.24) is 9.55 Å². The Morgan fingerprint density at radius 3 is 2.25 bits per heavy atom. The zero-order valence-electron chi connectivity index (χ0n) is 16.2. The van der Waals surface area contributed by atoms with Gasteiger partial charge >= 0.3 is 12.4 Å². The molecule has 1 aliphatic rings. The highest BCUT2D eigenvalue weighted by Crippen LogP contribution is 2.50. The zero-order valence-corrected chi connectivity index (χ0v) is 16.2. The van der Waals surface area contributed by atoms with Gasteiger partial charge in [0.25, 0.3) is 5.91 Å². The minimum Gasteiger partial charge on any atom is -0.369 e. The average molecular weight is 456 g/mol. The standard InChI is InChI=1S/C20H14F6N4O2/c1-9(15(27)31)18(20(24,25)26)16(32)29-17-28-14-12(3-2-4-13(14)30(17)18)10-5-7-11(8-6-10)19(21,22)23/h2-9H,1H3,(H2,27,31)(H,28,29,32). The number of rotatable bonds is 3. The van der Waals surface area contributed by atoms with Gasteiger partial charge in [-0.3, -0.25) is 19.5 Å². The molecule has 6 nitrogen and oxygen atoms in total. The summed E-state index contributed by atoms with van der Waals surface area (Å²) in [4.78, 5) is 28.4. The van der Waals surface area contributed by atoms with Gasteiger partial charge in [-0.25, -0.2) is 4.98 Å². The van der Waals surface area contributed by atoms with Crippen LogP contribution in [-0.4, -0.2) is 27.5 Å². The second kappa shape index (κ2) is 6.71. The summed E-state index contributed by atoms with van der Waals surface area (Å²) in [7, 11) is 0. The van der Waals surface area contributed by atoms with Crippen LogP contribution < -0.4 is 11.1 Å². The first kappa shape index (κ1) is 21.7. The molecule has 1 aliphatic heterocycles. The number of nitrogens with two attached hydrogens (primary N) is 1. The summed E-state index contributed by atoms with van der Waals surface area (Å²) in [5.41, 5.74) is 1.32. The van der Waals surface area contributed by atoms with E-state index in [1.165, 1.54) is 30.3 Å². The Kier molecular flexibility index (Phi) is 4.54. The van der Waals surface area contributed by atoms with Crippen molar-refractivity contribution in [1.29, 1.82) is 0 Å². The van der Waals surface area contributed by atoms with Crippen LogP contribution in [0.2, 0.25) is 0 Å². The van der Waals surface area contributed by atoms with E-state index in [0.29, 0.717) is 4.57 Å². The maximum absolute atomic E-state index is 14.3. The van der Waals surface area contributed by atoms with Gasteiger partial charge in [0.15, 0.2) is 0 Å². The van der Waals surface area contributed by atoms with Crippen molar-refractivity contribution in [3.8, 4) is 11.1 Å². The second-order valence-electron chi connectivity index (χ2n) is 7.36. The predicted octanol–water partition coefficient (Wildman–Crippen LogP) is 4.05. The van der Waals surface area contributed by atoms with E-state index in [4.69, 9.17) is 5.73 Å². The van der Waals surface area contributed by atoms with Gasteiger partial charge < -0.3 is 5.73 Å². The van der Waals surface area contributed by atoms with Crippen molar-refractivity contribution < 1.29 is 35.9 Å². The molecule has 2 amide bonds. The molecule has 3 N–H and O–H groups in total. The van der Waals surface area contributed by atoms with Crippen LogP contribution in [0.3, 0.4) is 0 Å². The number of aromatic nitrogens is 2. The first-order chi connectivity index (χ1) is 14.8. The number of amides is 2. The molecular formula is C20H14F6N4O2. The van der Waals surface area contributed by atoms with Gasteiger partial charge in [-0.1, -0.05) is 31.2 Å². The Labute approximate surface area is 176 Å². The maximum Gasteiger partial charge on any atom is 0.422 e. The number of carbonyl (C=O) groups excluding carboxylic acids is 2. The molecule has 0 saturated heterocycles. The lowest BCUT2D eigenvalue weighted by atomic mass is 9.83. The molecule has 12 heteroatoms. The molecular weight excluding hydrogens is 442 g/mol. The van der Waals surface area contributed by atoms with E-state index in [1.807, 2.05) is 0 Å². The number of anilines is 1. The van der Waals surface area contributed by atoms with E-state index in [2.05, 4.69) is 10.3 Å².